The van der Waals surface area contributed by atoms with E-state index in [2.05, 4.69) is 5.32 Å². The van der Waals surface area contributed by atoms with Crippen molar-refractivity contribution in [2.75, 3.05) is 29.0 Å². The van der Waals surface area contributed by atoms with E-state index in [9.17, 15) is 13.2 Å². The number of hydrogen-bond donors (Lipinski definition) is 1. The zero-order valence-electron chi connectivity index (χ0n) is 17.3. The highest BCUT2D eigenvalue weighted by atomic mass is 32.2. The van der Waals surface area contributed by atoms with E-state index in [0.717, 1.165) is 6.26 Å². The van der Waals surface area contributed by atoms with Crippen LogP contribution < -0.4 is 19.1 Å². The van der Waals surface area contributed by atoms with E-state index >= 15 is 0 Å². The Bertz CT molecular complexity index is 1120. The van der Waals surface area contributed by atoms with Crippen molar-refractivity contribution in [3.05, 3.63) is 78.9 Å². The minimum atomic E-state index is -3.35. The largest absolute Gasteiger partial charge is 0.484 e. The molecule has 0 spiro atoms. The number of hydrogen-bond acceptors (Lipinski definition) is 5. The zero-order chi connectivity index (χ0) is 22.3. The van der Waals surface area contributed by atoms with Crippen molar-refractivity contribution >= 4 is 27.3 Å². The fourth-order valence-corrected chi connectivity index (χ4v) is 3.90. The number of para-hydroxylation sites is 3. The summed E-state index contributed by atoms with van der Waals surface area (Å²) in [6, 6.07) is 23.0. The maximum atomic E-state index is 12.4. The molecule has 0 saturated carbocycles. The molecule has 0 aliphatic carbocycles. The van der Waals surface area contributed by atoms with Crippen LogP contribution in [0.25, 0.3) is 0 Å². The first kappa shape index (κ1) is 22.2. The van der Waals surface area contributed by atoms with Crippen LogP contribution in [0.4, 0.5) is 11.4 Å². The van der Waals surface area contributed by atoms with E-state index in [4.69, 9.17) is 9.47 Å². The van der Waals surface area contributed by atoms with E-state index in [1.54, 1.807) is 49.4 Å². The van der Waals surface area contributed by atoms with Crippen molar-refractivity contribution < 1.29 is 22.7 Å². The molecule has 0 unspecified atom stereocenters. The van der Waals surface area contributed by atoms with Crippen LogP contribution in [0.3, 0.4) is 0 Å². The number of nitrogens with one attached hydrogen (secondary N) is 1. The quantitative estimate of drug-likeness (QED) is 0.537. The summed E-state index contributed by atoms with van der Waals surface area (Å²) in [6.07, 6.45) is 1.16. The summed E-state index contributed by atoms with van der Waals surface area (Å²) in [7, 11) is -3.35. The second-order valence-electron chi connectivity index (χ2n) is 6.67. The predicted octanol–water partition coefficient (Wildman–Crippen LogP) is 4.28. The lowest BCUT2D eigenvalue weighted by Gasteiger charge is -2.20. The molecule has 0 aliphatic heterocycles. The Kier molecular flexibility index (Phi) is 7.15. The summed E-state index contributed by atoms with van der Waals surface area (Å²) in [5.74, 6) is 1.29. The van der Waals surface area contributed by atoms with Gasteiger partial charge in [-0.25, -0.2) is 8.42 Å². The Labute approximate surface area is 182 Å². The third-order valence-electron chi connectivity index (χ3n) is 4.31. The Morgan fingerprint density at radius 3 is 2.19 bits per heavy atom. The Balaban J connectivity index is 1.60. The predicted molar refractivity (Wildman–Crippen MR) is 121 cm³/mol. The summed E-state index contributed by atoms with van der Waals surface area (Å²) < 4.78 is 36.3. The third kappa shape index (κ3) is 6.23. The molecule has 0 atom stereocenters. The molecule has 0 fully saturated rings. The molecule has 0 heterocycles. The Hall–Kier alpha value is -3.52. The first-order chi connectivity index (χ1) is 14.9. The summed E-state index contributed by atoms with van der Waals surface area (Å²) in [4.78, 5) is 12.4. The average Bonchev–Trinajstić information content (AvgIpc) is 2.75. The van der Waals surface area contributed by atoms with Gasteiger partial charge in [-0.1, -0.05) is 30.3 Å². The van der Waals surface area contributed by atoms with Crippen LogP contribution in [0.5, 0.6) is 17.2 Å². The van der Waals surface area contributed by atoms with Crippen LogP contribution >= 0.6 is 0 Å². The number of nitrogens with zero attached hydrogens (tertiary/aromatic N) is 1. The first-order valence-corrected chi connectivity index (χ1v) is 11.5. The summed E-state index contributed by atoms with van der Waals surface area (Å²) in [6.45, 7) is 1.88. The van der Waals surface area contributed by atoms with Crippen molar-refractivity contribution in [1.29, 1.82) is 0 Å². The topological polar surface area (TPSA) is 84.9 Å². The molecular weight excluding hydrogens is 416 g/mol. The van der Waals surface area contributed by atoms with Gasteiger partial charge in [-0.3, -0.25) is 9.10 Å². The lowest BCUT2D eigenvalue weighted by Crippen LogP contribution is -2.29. The smallest absolute Gasteiger partial charge is 0.262 e. The van der Waals surface area contributed by atoms with Gasteiger partial charge >= 0.3 is 0 Å². The first-order valence-electron chi connectivity index (χ1n) is 9.69. The molecule has 0 aromatic heterocycles. The number of rotatable bonds is 9. The Morgan fingerprint density at radius 2 is 1.55 bits per heavy atom. The number of carbonyl (C=O) groups excluding carboxylic acids is 1. The van der Waals surface area contributed by atoms with Crippen molar-refractivity contribution in [2.45, 2.75) is 6.92 Å². The molecule has 1 N–H and O–H groups in total. The standard InChI is InChI=1S/C23H24N2O5S/c1-3-25(31(2,27)28)18-13-15-19(16-14-18)29-17-23(26)24-21-11-7-8-12-22(21)30-20-9-5-4-6-10-20/h4-16H,3,17H2,1-2H3,(H,24,26). The van der Waals surface area contributed by atoms with Gasteiger partial charge in [0.2, 0.25) is 10.0 Å². The monoisotopic (exact) mass is 440 g/mol. The van der Waals surface area contributed by atoms with E-state index in [-0.39, 0.29) is 12.5 Å². The highest BCUT2D eigenvalue weighted by molar-refractivity contribution is 7.92. The molecule has 1 amide bonds. The average molecular weight is 441 g/mol. The van der Waals surface area contributed by atoms with Gasteiger partial charge in [0.15, 0.2) is 12.4 Å². The lowest BCUT2D eigenvalue weighted by atomic mass is 10.3. The molecule has 162 valence electrons. The van der Waals surface area contributed by atoms with Crippen LogP contribution in [-0.4, -0.2) is 33.7 Å². The zero-order valence-corrected chi connectivity index (χ0v) is 18.1. The fourth-order valence-electron chi connectivity index (χ4n) is 2.93. The van der Waals surface area contributed by atoms with Gasteiger partial charge < -0.3 is 14.8 Å². The molecule has 0 aliphatic rings. The minimum absolute atomic E-state index is 0.206. The maximum Gasteiger partial charge on any atom is 0.262 e. The van der Waals surface area contributed by atoms with Crippen molar-refractivity contribution in [3.8, 4) is 17.2 Å². The van der Waals surface area contributed by atoms with E-state index in [1.807, 2.05) is 36.4 Å². The second-order valence-corrected chi connectivity index (χ2v) is 8.58. The van der Waals surface area contributed by atoms with Crippen LogP contribution in [0.2, 0.25) is 0 Å². The summed E-state index contributed by atoms with van der Waals surface area (Å²) >= 11 is 0. The number of sulfonamides is 1. The van der Waals surface area contributed by atoms with Gasteiger partial charge in [-0.2, -0.15) is 0 Å². The van der Waals surface area contributed by atoms with Crippen LogP contribution in [0, 0.1) is 0 Å². The van der Waals surface area contributed by atoms with Gasteiger partial charge in [0, 0.05) is 6.54 Å². The SMILES string of the molecule is CCN(c1ccc(OCC(=O)Nc2ccccc2Oc2ccccc2)cc1)S(C)(=O)=O. The summed E-state index contributed by atoms with van der Waals surface area (Å²) in [5, 5.41) is 2.78. The van der Waals surface area contributed by atoms with Gasteiger partial charge in [0.05, 0.1) is 17.6 Å². The molecule has 3 rings (SSSR count). The van der Waals surface area contributed by atoms with E-state index in [1.165, 1.54) is 4.31 Å². The Morgan fingerprint density at radius 1 is 0.903 bits per heavy atom. The van der Waals surface area contributed by atoms with E-state index < -0.39 is 10.0 Å². The molecular formula is C23H24N2O5S. The van der Waals surface area contributed by atoms with Crippen LogP contribution in [0.1, 0.15) is 6.92 Å². The second kappa shape index (κ2) is 9.99. The van der Waals surface area contributed by atoms with Crippen molar-refractivity contribution in [2.24, 2.45) is 0 Å². The molecule has 3 aromatic rings. The number of anilines is 2. The van der Waals surface area contributed by atoms with E-state index in [0.29, 0.717) is 35.2 Å². The number of ether oxygens (including phenoxy) is 2. The normalized spacial score (nSPS) is 10.9. The highest BCUT2D eigenvalue weighted by Gasteiger charge is 2.15. The van der Waals surface area contributed by atoms with Gasteiger partial charge in [-0.15, -0.1) is 0 Å². The fraction of sp³-hybridized carbons (Fsp3) is 0.174. The van der Waals surface area contributed by atoms with Gasteiger partial charge in [0.25, 0.3) is 5.91 Å². The van der Waals surface area contributed by atoms with Gasteiger partial charge in [-0.05, 0) is 55.5 Å². The summed E-state index contributed by atoms with van der Waals surface area (Å²) in [5.41, 5.74) is 1.07. The number of carbonyl (C=O) groups is 1. The molecule has 0 saturated heterocycles. The minimum Gasteiger partial charge on any atom is -0.484 e. The van der Waals surface area contributed by atoms with Crippen molar-refractivity contribution in [3.63, 3.8) is 0 Å². The number of benzene rings is 3. The molecule has 3 aromatic carbocycles. The van der Waals surface area contributed by atoms with Crippen LogP contribution in [-0.2, 0) is 14.8 Å². The van der Waals surface area contributed by atoms with Crippen LogP contribution in [0.15, 0.2) is 78.9 Å². The lowest BCUT2D eigenvalue weighted by molar-refractivity contribution is -0.118. The molecule has 0 bridgehead atoms. The molecule has 31 heavy (non-hydrogen) atoms. The van der Waals surface area contributed by atoms with Gasteiger partial charge in [0.1, 0.15) is 11.5 Å². The molecule has 7 nitrogen and oxygen atoms in total. The highest BCUT2D eigenvalue weighted by Crippen LogP contribution is 2.29. The number of amides is 1. The molecule has 0 radical (unpaired) electrons. The maximum absolute atomic E-state index is 12.4. The van der Waals surface area contributed by atoms with Crippen molar-refractivity contribution in [1.82, 2.24) is 0 Å². The third-order valence-corrected chi connectivity index (χ3v) is 5.58. The molecule has 8 heteroatoms.